The van der Waals surface area contributed by atoms with E-state index in [0.717, 1.165) is 16.5 Å². The Balaban J connectivity index is 1.49. The predicted octanol–water partition coefficient (Wildman–Crippen LogP) is 3.91. The molecule has 7 heteroatoms. The molecule has 0 spiro atoms. The van der Waals surface area contributed by atoms with Crippen molar-refractivity contribution in [2.45, 2.75) is 6.61 Å². The average Bonchev–Trinajstić information content (AvgIpc) is 3.15. The molecule has 1 aromatic heterocycles. The van der Waals surface area contributed by atoms with Crippen LogP contribution in [0.1, 0.15) is 5.69 Å². The van der Waals surface area contributed by atoms with E-state index in [-0.39, 0.29) is 12.3 Å². The van der Waals surface area contributed by atoms with Crippen LogP contribution >= 0.6 is 0 Å². The van der Waals surface area contributed by atoms with Crippen molar-refractivity contribution in [3.8, 4) is 11.4 Å². The van der Waals surface area contributed by atoms with Crippen molar-refractivity contribution in [1.29, 1.82) is 0 Å². The van der Waals surface area contributed by atoms with Crippen molar-refractivity contribution in [3.05, 3.63) is 88.7 Å². The van der Waals surface area contributed by atoms with Gasteiger partial charge in [-0.1, -0.05) is 41.6 Å². The van der Waals surface area contributed by atoms with Crippen LogP contribution in [0.15, 0.2) is 72.9 Å². The molecule has 0 saturated heterocycles. The van der Waals surface area contributed by atoms with Crippen LogP contribution in [0.5, 0.6) is 5.75 Å². The van der Waals surface area contributed by atoms with Gasteiger partial charge in [-0.3, -0.25) is 10.1 Å². The van der Waals surface area contributed by atoms with Crippen LogP contribution in [0.25, 0.3) is 16.5 Å². The minimum Gasteiger partial charge on any atom is -0.487 e. The van der Waals surface area contributed by atoms with Crippen LogP contribution in [0.3, 0.4) is 0 Å². The molecule has 4 aromatic rings. The summed E-state index contributed by atoms with van der Waals surface area (Å²) in [6, 6.07) is 20.2. The van der Waals surface area contributed by atoms with Gasteiger partial charge in [0, 0.05) is 12.1 Å². The van der Waals surface area contributed by atoms with E-state index in [9.17, 15) is 10.1 Å². The standard InChI is InChI=1S/C19H14N4O3/c24-23(25)18-7-3-6-17(11-18)22-12-16(20-21-22)13-26-19-9-8-14-4-1-2-5-15(14)10-19/h1-12H,13H2. The Labute approximate surface area is 148 Å². The summed E-state index contributed by atoms with van der Waals surface area (Å²) in [4.78, 5) is 10.4. The molecule has 0 unspecified atom stereocenters. The summed E-state index contributed by atoms with van der Waals surface area (Å²) in [7, 11) is 0. The first-order chi connectivity index (χ1) is 12.7. The number of nitro benzene ring substituents is 1. The number of nitrogens with zero attached hydrogens (tertiary/aromatic N) is 4. The minimum absolute atomic E-state index is 0.00645. The highest BCUT2D eigenvalue weighted by atomic mass is 16.6. The van der Waals surface area contributed by atoms with Gasteiger partial charge < -0.3 is 4.74 Å². The molecule has 1 heterocycles. The molecule has 3 aromatic carbocycles. The zero-order chi connectivity index (χ0) is 17.9. The normalized spacial score (nSPS) is 10.8. The van der Waals surface area contributed by atoms with E-state index in [1.54, 1.807) is 18.3 Å². The molecular formula is C19H14N4O3. The van der Waals surface area contributed by atoms with Gasteiger partial charge in [0.25, 0.3) is 5.69 Å². The molecule has 0 bridgehead atoms. The van der Waals surface area contributed by atoms with E-state index >= 15 is 0 Å². The minimum atomic E-state index is -0.440. The molecule has 0 radical (unpaired) electrons. The van der Waals surface area contributed by atoms with Gasteiger partial charge in [-0.2, -0.15) is 0 Å². The topological polar surface area (TPSA) is 83.1 Å². The predicted molar refractivity (Wildman–Crippen MR) is 96.3 cm³/mol. The van der Waals surface area contributed by atoms with E-state index in [2.05, 4.69) is 10.3 Å². The fourth-order valence-electron chi connectivity index (χ4n) is 2.65. The number of aromatic nitrogens is 3. The summed E-state index contributed by atoms with van der Waals surface area (Å²) in [6.45, 7) is 0.257. The highest BCUT2D eigenvalue weighted by molar-refractivity contribution is 5.83. The van der Waals surface area contributed by atoms with Crippen molar-refractivity contribution < 1.29 is 9.66 Å². The fourth-order valence-corrected chi connectivity index (χ4v) is 2.65. The Hall–Kier alpha value is -3.74. The second-order valence-electron chi connectivity index (χ2n) is 5.73. The lowest BCUT2D eigenvalue weighted by molar-refractivity contribution is -0.384. The molecule has 0 atom stereocenters. The molecule has 4 rings (SSSR count). The summed E-state index contributed by atoms with van der Waals surface area (Å²) < 4.78 is 7.28. The quantitative estimate of drug-likeness (QED) is 0.404. The molecule has 7 nitrogen and oxygen atoms in total. The number of nitro groups is 1. The Bertz CT molecular complexity index is 1090. The van der Waals surface area contributed by atoms with E-state index in [4.69, 9.17) is 4.74 Å². The lowest BCUT2D eigenvalue weighted by Crippen LogP contribution is -1.97. The molecule has 26 heavy (non-hydrogen) atoms. The van der Waals surface area contributed by atoms with Gasteiger partial charge in [0.1, 0.15) is 18.1 Å². The van der Waals surface area contributed by atoms with Gasteiger partial charge in [0.05, 0.1) is 16.8 Å². The summed E-state index contributed by atoms with van der Waals surface area (Å²) in [5.74, 6) is 0.744. The van der Waals surface area contributed by atoms with E-state index in [1.165, 1.54) is 16.8 Å². The van der Waals surface area contributed by atoms with Crippen molar-refractivity contribution in [2.75, 3.05) is 0 Å². The van der Waals surface area contributed by atoms with Crippen molar-refractivity contribution in [3.63, 3.8) is 0 Å². The van der Waals surface area contributed by atoms with Crippen molar-refractivity contribution in [1.82, 2.24) is 15.0 Å². The molecule has 0 aliphatic heterocycles. The first-order valence-electron chi connectivity index (χ1n) is 7.97. The smallest absolute Gasteiger partial charge is 0.271 e. The van der Waals surface area contributed by atoms with E-state index in [0.29, 0.717) is 11.4 Å². The Morgan fingerprint density at radius 2 is 1.85 bits per heavy atom. The molecule has 0 fully saturated rings. The fraction of sp³-hybridized carbons (Fsp3) is 0.0526. The molecule has 0 N–H and O–H groups in total. The van der Waals surface area contributed by atoms with Gasteiger partial charge in [-0.05, 0) is 29.0 Å². The first kappa shape index (κ1) is 15.8. The molecule has 0 saturated carbocycles. The maximum atomic E-state index is 10.9. The molecule has 0 amide bonds. The molecule has 0 aliphatic carbocycles. The van der Waals surface area contributed by atoms with E-state index in [1.807, 2.05) is 42.5 Å². The van der Waals surface area contributed by atoms with Crippen LogP contribution in [0, 0.1) is 10.1 Å². The summed E-state index contributed by atoms with van der Waals surface area (Å²) >= 11 is 0. The monoisotopic (exact) mass is 346 g/mol. The molecule has 0 aliphatic rings. The Kier molecular flexibility index (Phi) is 4.03. The number of hydrogen-bond acceptors (Lipinski definition) is 5. The third-order valence-corrected chi connectivity index (χ3v) is 3.95. The molecular weight excluding hydrogens is 332 g/mol. The van der Waals surface area contributed by atoms with Gasteiger partial charge >= 0.3 is 0 Å². The maximum Gasteiger partial charge on any atom is 0.271 e. The second kappa shape index (κ2) is 6.64. The van der Waals surface area contributed by atoms with Gasteiger partial charge in [0.15, 0.2) is 0 Å². The average molecular weight is 346 g/mol. The number of rotatable bonds is 5. The number of non-ortho nitro benzene ring substituents is 1. The van der Waals surface area contributed by atoms with Crippen molar-refractivity contribution >= 4 is 16.5 Å². The van der Waals surface area contributed by atoms with Crippen LogP contribution in [0.4, 0.5) is 5.69 Å². The summed E-state index contributed by atoms with van der Waals surface area (Å²) in [6.07, 6.45) is 1.69. The SMILES string of the molecule is O=[N+]([O-])c1cccc(-n2cc(COc3ccc4ccccc4c3)nn2)c1. The summed E-state index contributed by atoms with van der Waals surface area (Å²) in [5, 5.41) is 21.2. The zero-order valence-corrected chi connectivity index (χ0v) is 13.6. The molecule has 128 valence electrons. The van der Waals surface area contributed by atoms with Crippen molar-refractivity contribution in [2.24, 2.45) is 0 Å². The number of ether oxygens (including phenoxy) is 1. The highest BCUT2D eigenvalue weighted by Gasteiger charge is 2.09. The first-order valence-corrected chi connectivity index (χ1v) is 7.97. The maximum absolute atomic E-state index is 10.9. The second-order valence-corrected chi connectivity index (χ2v) is 5.73. The Morgan fingerprint density at radius 1 is 1.00 bits per heavy atom. The highest BCUT2D eigenvalue weighted by Crippen LogP contribution is 2.21. The van der Waals surface area contributed by atoms with Gasteiger partial charge in [-0.25, -0.2) is 4.68 Å². The lowest BCUT2D eigenvalue weighted by atomic mass is 10.1. The third-order valence-electron chi connectivity index (χ3n) is 3.95. The van der Waals surface area contributed by atoms with Crippen LogP contribution in [0.2, 0.25) is 0 Å². The number of hydrogen-bond donors (Lipinski definition) is 0. The third kappa shape index (κ3) is 3.23. The van der Waals surface area contributed by atoms with Gasteiger partial charge in [0.2, 0.25) is 0 Å². The van der Waals surface area contributed by atoms with Crippen LogP contribution < -0.4 is 4.74 Å². The number of fused-ring (bicyclic) bond motifs is 1. The summed E-state index contributed by atoms with van der Waals surface area (Å²) in [5.41, 5.74) is 1.21. The van der Waals surface area contributed by atoms with Gasteiger partial charge in [-0.15, -0.1) is 5.10 Å². The van der Waals surface area contributed by atoms with Crippen LogP contribution in [-0.2, 0) is 6.61 Å². The largest absolute Gasteiger partial charge is 0.487 e. The van der Waals surface area contributed by atoms with Crippen LogP contribution in [-0.4, -0.2) is 19.9 Å². The Morgan fingerprint density at radius 3 is 2.69 bits per heavy atom. The zero-order valence-electron chi connectivity index (χ0n) is 13.6. The lowest BCUT2D eigenvalue weighted by Gasteiger charge is -2.05. The van der Waals surface area contributed by atoms with E-state index < -0.39 is 4.92 Å². The number of benzene rings is 3.